The minimum Gasteiger partial charge on any atom is -0.507 e. The fourth-order valence-corrected chi connectivity index (χ4v) is 13.6. The number of benzene rings is 10. The maximum atomic E-state index is 13.7. The average molecular weight is 1570 g/mol. The molecule has 12 aromatic rings. The quantitative estimate of drug-likeness (QED) is 0.0206. The van der Waals surface area contributed by atoms with Gasteiger partial charge in [-0.3, -0.25) is 19.4 Å². The van der Waals surface area contributed by atoms with Gasteiger partial charge in [-0.25, -0.2) is 34.1 Å². The number of aromatic carboxylic acids is 3. The topological polar surface area (TPSA) is 458 Å². The number of carbonyl (C=O) groups is 5. The highest BCUT2D eigenvalue weighted by atomic mass is 16.5. The lowest BCUT2D eigenvalue weighted by Crippen LogP contribution is -2.15. The lowest BCUT2D eigenvalue weighted by Gasteiger charge is -2.21. The molecule has 0 saturated heterocycles. The molecular weight excluding hydrogens is 1510 g/mol. The number of nitrogens with zero attached hydrogens (tertiary/aromatic N) is 4. The molecule has 0 fully saturated rings. The summed E-state index contributed by atoms with van der Waals surface area (Å²) in [6.45, 7) is 1.49. The highest BCUT2D eigenvalue weighted by Crippen LogP contribution is 2.48. The molecule has 0 radical (unpaired) electrons. The normalized spacial score (nSPS) is 10.6. The molecule has 117 heavy (non-hydrogen) atoms. The molecule has 2 aliphatic carbocycles. The number of hydrogen-bond donors (Lipinski definition) is 9. The summed E-state index contributed by atoms with van der Waals surface area (Å²) in [4.78, 5) is 155. The minimum atomic E-state index is -1.16. The average Bonchev–Trinajstić information content (AvgIpc) is 0.734. The van der Waals surface area contributed by atoms with Gasteiger partial charge >= 0.3 is 42.3 Å². The van der Waals surface area contributed by atoms with Gasteiger partial charge in [-0.15, -0.1) is 0 Å². The number of carbonyl (C=O) groups excluding carboxylic acids is 8. The van der Waals surface area contributed by atoms with Crippen LogP contribution in [0.1, 0.15) is 81.4 Å². The van der Waals surface area contributed by atoms with Gasteiger partial charge in [0.15, 0.2) is 16.6 Å². The number of fused-ring (bicyclic) bond motifs is 8. The van der Waals surface area contributed by atoms with Crippen molar-refractivity contribution in [2.75, 3.05) is 28.4 Å². The van der Waals surface area contributed by atoms with Crippen LogP contribution in [0, 0.1) is 0 Å². The number of aromatic hydroxyl groups is 2. The van der Waals surface area contributed by atoms with E-state index >= 15 is 0 Å². The van der Waals surface area contributed by atoms with E-state index in [1.54, 1.807) is 115 Å². The summed E-state index contributed by atoms with van der Waals surface area (Å²) >= 11 is 0. The Morgan fingerprint density at radius 3 is 1.15 bits per heavy atom. The molecule has 4 aliphatic rings. The van der Waals surface area contributed by atoms with Crippen LogP contribution < -0.4 is 32.1 Å². The smallest absolute Gasteiger partial charge is 0.373 e. The second-order valence-electron chi connectivity index (χ2n) is 25.5. The van der Waals surface area contributed by atoms with Crippen molar-refractivity contribution >= 4 is 136 Å². The molecular formula is C88H60N8O21. The predicted molar refractivity (Wildman–Crippen MR) is 426 cm³/mol. The molecule has 0 saturated carbocycles. The fourth-order valence-electron chi connectivity index (χ4n) is 13.6. The molecule has 16 rings (SSSR count). The molecule has 6 heterocycles. The van der Waals surface area contributed by atoms with Crippen molar-refractivity contribution in [1.82, 2.24) is 19.9 Å². The van der Waals surface area contributed by atoms with Crippen molar-refractivity contribution in [3.8, 4) is 56.4 Å². The third kappa shape index (κ3) is 16.7. The number of ketones is 1. The Labute approximate surface area is 658 Å². The highest BCUT2D eigenvalue weighted by Gasteiger charge is 2.30. The molecule has 0 amide bonds. The zero-order valence-corrected chi connectivity index (χ0v) is 61.2. The van der Waals surface area contributed by atoms with Crippen LogP contribution >= 0.6 is 0 Å². The molecule has 578 valence electrons. The first-order valence-electron chi connectivity index (χ1n) is 35.1. The summed E-state index contributed by atoms with van der Waals surface area (Å²) in [6, 6.07) is 61.3. The number of aromatic nitrogens is 4. The molecule has 0 bridgehead atoms. The maximum Gasteiger partial charge on any atom is 0.373 e. The Morgan fingerprint density at radius 2 is 0.744 bits per heavy atom. The van der Waals surface area contributed by atoms with Crippen molar-refractivity contribution in [3.63, 3.8) is 0 Å². The first kappa shape index (κ1) is 79.8. The molecule has 9 N–H and O–H groups in total. The van der Waals surface area contributed by atoms with Crippen LogP contribution in [0.15, 0.2) is 243 Å². The van der Waals surface area contributed by atoms with Gasteiger partial charge in [-0.2, -0.15) is 28.8 Å². The molecule has 29 nitrogen and oxygen atoms in total. The van der Waals surface area contributed by atoms with Crippen molar-refractivity contribution in [3.05, 3.63) is 295 Å². The summed E-state index contributed by atoms with van der Waals surface area (Å²) in [5.41, 5.74) is 8.75. The van der Waals surface area contributed by atoms with E-state index < -0.39 is 23.9 Å². The van der Waals surface area contributed by atoms with E-state index in [0.717, 1.165) is 21.7 Å². The van der Waals surface area contributed by atoms with Gasteiger partial charge in [0.05, 0.1) is 85.3 Å². The summed E-state index contributed by atoms with van der Waals surface area (Å²) in [7, 11) is 1.28. The number of rotatable bonds is 19. The Balaban J connectivity index is 0.000000196. The van der Waals surface area contributed by atoms with Crippen LogP contribution in [0.2, 0.25) is 0 Å². The number of nitrogens with one attached hydrogen (secondary N) is 4. The Kier molecular flexibility index (Phi) is 24.2. The number of methoxy groups -OCH3 is 1. The number of phenolic OH excluding ortho intramolecular Hbond substituents is 2. The number of Topliss-reactive ketones (excluding diaryl/α,β-unsaturated/α-hetero) is 1. The van der Waals surface area contributed by atoms with E-state index in [4.69, 9.17) is 42.3 Å². The van der Waals surface area contributed by atoms with Gasteiger partial charge in [-0.05, 0) is 120 Å². The van der Waals surface area contributed by atoms with E-state index in [-0.39, 0.29) is 124 Å². The summed E-state index contributed by atoms with van der Waals surface area (Å²) in [5, 5.41) is 70.2. The Morgan fingerprint density at radius 1 is 0.385 bits per heavy atom. The standard InChI is InChI=1S/C44H32N4O8.C41H28N4O7.3CO2/c1-23(49)32-17-13-24-7-5-11-33(39(24)47-32)45-21-30-36(50)19-15-28-38(26-9-3-4-10-27(26)43(52)53)29-16-20-37(51)31(42(29)56-41(28)30)22-46-34-12-6-8-25-14-18-35(44(54)55-2)48-40(25)34;46-33-17-14-26-35(24-9-1-2-10-25(24)40(48)49)27-15-18-34(47)29(21-44-31-12-4-7-23-13-16-32(41(50)51)45-37(23)31)39(27)52-38(26)28(33)20-43-30-11-3-6-22-8-5-19-42-36(22)30;3*2-1-3/h3-20,45-46,51H,21-22H2,1-2H3,(H,52,53);1-19,43-44,47H,20-21H2,(H,48,49)(H,50,51);;;. The Bertz CT molecular complexity index is 6790. The largest absolute Gasteiger partial charge is 0.507 e. The number of pyridine rings is 4. The number of anilines is 4. The lowest BCUT2D eigenvalue weighted by atomic mass is 9.88. The van der Waals surface area contributed by atoms with Crippen molar-refractivity contribution < 1.29 is 91.8 Å². The lowest BCUT2D eigenvalue weighted by molar-refractivity contribution is -0.193. The molecule has 4 aromatic heterocycles. The number of carboxylic acids is 3. The SMILES string of the molecule is COC(=O)c1ccc2cccc(NCc3c(O)ccc4c(-c5ccccc5C(=O)O)c5ccc(=O)c(CNc6cccc7ccc(C(C)=O)nc67)c-5oc34)c2n1.O=C(O)c1ccc2cccc(NCc3c(O)ccc4c(-c5ccccc5C(=O)O)c5ccc(=O)c(CNc6cccc7cccnc67)c-5oc34)c2n1.O=C=O.O=C=O.O=C=O. The van der Waals surface area contributed by atoms with Crippen LogP contribution in [-0.2, 0) is 59.7 Å². The van der Waals surface area contributed by atoms with Crippen LogP contribution in [0.4, 0.5) is 22.7 Å². The summed E-state index contributed by atoms with van der Waals surface area (Å²) in [5.74, 6) is -4.03. The first-order chi connectivity index (χ1) is 56.6. The van der Waals surface area contributed by atoms with Crippen molar-refractivity contribution in [1.29, 1.82) is 0 Å². The Hall–Kier alpha value is -16.7. The van der Waals surface area contributed by atoms with Gasteiger partial charge in [0.2, 0.25) is 0 Å². The van der Waals surface area contributed by atoms with Crippen LogP contribution in [0.25, 0.3) is 110 Å². The monoisotopic (exact) mass is 1560 g/mol. The van der Waals surface area contributed by atoms with Crippen LogP contribution in [0.3, 0.4) is 0 Å². The second kappa shape index (κ2) is 35.5. The predicted octanol–water partition coefficient (Wildman–Crippen LogP) is 14.5. The van der Waals surface area contributed by atoms with Crippen molar-refractivity contribution in [2.45, 2.75) is 33.1 Å². The summed E-state index contributed by atoms with van der Waals surface area (Å²) < 4.78 is 18.2. The fraction of sp³-hybridized carbons (Fsp3) is 0.0682. The van der Waals surface area contributed by atoms with Gasteiger partial charge in [0, 0.05) is 93.9 Å². The van der Waals surface area contributed by atoms with E-state index in [1.807, 2.05) is 66.7 Å². The molecule has 0 unspecified atom stereocenters. The van der Waals surface area contributed by atoms with Gasteiger partial charge < -0.3 is 60.4 Å². The molecule has 29 heteroatoms. The van der Waals surface area contributed by atoms with Crippen LogP contribution in [0.5, 0.6) is 11.5 Å². The minimum absolute atomic E-state index is 0.00259. The van der Waals surface area contributed by atoms with Crippen LogP contribution in [-0.4, -0.2) is 101 Å². The molecule has 0 atom stereocenters. The van der Waals surface area contributed by atoms with E-state index in [1.165, 1.54) is 56.5 Å². The third-order valence-electron chi connectivity index (χ3n) is 18.8. The van der Waals surface area contributed by atoms with Gasteiger partial charge in [0.1, 0.15) is 51.3 Å². The van der Waals surface area contributed by atoms with E-state index in [9.17, 15) is 59.1 Å². The maximum absolute atomic E-state index is 13.7. The summed E-state index contributed by atoms with van der Waals surface area (Å²) in [6.07, 6.45) is 2.44. The van der Waals surface area contributed by atoms with Crippen molar-refractivity contribution in [2.24, 2.45) is 0 Å². The number of carboxylic acid groups (broad SMARTS) is 3. The third-order valence-corrected chi connectivity index (χ3v) is 18.8. The zero-order chi connectivity index (χ0) is 83.1. The molecule has 2 aliphatic heterocycles. The van der Waals surface area contributed by atoms with E-state index in [0.29, 0.717) is 111 Å². The first-order valence-corrected chi connectivity index (χ1v) is 35.1. The number of hydrogen-bond acceptors (Lipinski definition) is 26. The number of para-hydroxylation sites is 4. The number of esters is 1. The number of phenols is 2. The zero-order valence-electron chi connectivity index (χ0n) is 61.2. The molecule has 0 spiro atoms. The van der Waals surface area contributed by atoms with Gasteiger partial charge in [0.25, 0.3) is 0 Å². The van der Waals surface area contributed by atoms with Gasteiger partial charge in [-0.1, -0.05) is 109 Å². The highest BCUT2D eigenvalue weighted by molar-refractivity contribution is 6.11. The number of ether oxygens (including phenoxy) is 1. The molecule has 8 aromatic carbocycles. The second-order valence-corrected chi connectivity index (χ2v) is 25.5. The van der Waals surface area contributed by atoms with E-state index in [2.05, 4.69) is 41.2 Å².